The summed E-state index contributed by atoms with van der Waals surface area (Å²) >= 11 is 0. The van der Waals surface area contributed by atoms with Crippen LogP contribution < -0.4 is 0 Å². The monoisotopic (exact) mass is 211 g/mol. The van der Waals surface area contributed by atoms with Crippen molar-refractivity contribution in [2.24, 2.45) is 11.8 Å². The van der Waals surface area contributed by atoms with Crippen molar-refractivity contribution in [3.63, 3.8) is 0 Å². The Kier molecular flexibility index (Phi) is 3.29. The predicted octanol–water partition coefficient (Wildman–Crippen LogP) is 1.97. The highest BCUT2D eigenvalue weighted by atomic mass is 16.4. The largest absolute Gasteiger partial charge is 0.481 e. The van der Waals surface area contributed by atoms with Gasteiger partial charge in [0.2, 0.25) is 0 Å². The lowest BCUT2D eigenvalue weighted by Gasteiger charge is -2.47. The van der Waals surface area contributed by atoms with E-state index >= 15 is 0 Å². The minimum Gasteiger partial charge on any atom is -0.481 e. The molecular weight excluding hydrogens is 190 g/mol. The standard InChI is InChI=1S/C12H21NO2/c1-9(12(14)15)10-7-13(8-10)11-5-3-2-4-6-11/h9-11H,2-8H2,1H3,(H,14,15). The fraction of sp³-hybridized carbons (Fsp3) is 0.917. The smallest absolute Gasteiger partial charge is 0.306 e. The van der Waals surface area contributed by atoms with Crippen LogP contribution in [0.4, 0.5) is 0 Å². The van der Waals surface area contributed by atoms with E-state index in [1.165, 1.54) is 32.1 Å². The summed E-state index contributed by atoms with van der Waals surface area (Å²) < 4.78 is 0. The molecule has 0 aromatic heterocycles. The summed E-state index contributed by atoms with van der Waals surface area (Å²) in [6, 6.07) is 0.760. The van der Waals surface area contributed by atoms with E-state index in [1.807, 2.05) is 6.92 Å². The molecule has 0 radical (unpaired) electrons. The molecule has 2 rings (SSSR count). The minimum absolute atomic E-state index is 0.162. The van der Waals surface area contributed by atoms with E-state index in [2.05, 4.69) is 4.90 Å². The molecule has 1 atom stereocenters. The lowest BCUT2D eigenvalue weighted by Crippen LogP contribution is -2.55. The van der Waals surface area contributed by atoms with Crippen LogP contribution in [0.1, 0.15) is 39.0 Å². The summed E-state index contributed by atoms with van der Waals surface area (Å²) in [6.45, 7) is 3.86. The zero-order chi connectivity index (χ0) is 10.8. The van der Waals surface area contributed by atoms with Gasteiger partial charge in [-0.2, -0.15) is 0 Å². The third-order valence-corrected chi connectivity index (χ3v) is 4.13. The number of nitrogens with zero attached hydrogens (tertiary/aromatic N) is 1. The molecule has 0 aromatic rings. The van der Waals surface area contributed by atoms with Crippen molar-refractivity contribution in [2.45, 2.75) is 45.1 Å². The second-order valence-electron chi connectivity index (χ2n) is 5.13. The first kappa shape index (κ1) is 10.9. The molecule has 0 aromatic carbocycles. The Labute approximate surface area is 91.5 Å². The molecule has 1 N–H and O–H groups in total. The van der Waals surface area contributed by atoms with Gasteiger partial charge in [-0.3, -0.25) is 9.69 Å². The van der Waals surface area contributed by atoms with Gasteiger partial charge in [-0.1, -0.05) is 26.2 Å². The Morgan fingerprint density at radius 2 is 1.87 bits per heavy atom. The van der Waals surface area contributed by atoms with Crippen LogP contribution in [0.25, 0.3) is 0 Å². The molecule has 15 heavy (non-hydrogen) atoms. The highest BCUT2D eigenvalue weighted by Gasteiger charge is 2.37. The van der Waals surface area contributed by atoms with Crippen molar-refractivity contribution in [1.29, 1.82) is 0 Å². The molecule has 1 aliphatic heterocycles. The molecule has 1 heterocycles. The molecular formula is C12H21NO2. The lowest BCUT2D eigenvalue weighted by molar-refractivity contribution is -0.146. The zero-order valence-electron chi connectivity index (χ0n) is 9.48. The molecule has 86 valence electrons. The van der Waals surface area contributed by atoms with Crippen LogP contribution >= 0.6 is 0 Å². The van der Waals surface area contributed by atoms with Crippen LogP contribution in [0.5, 0.6) is 0 Å². The van der Waals surface area contributed by atoms with Crippen molar-refractivity contribution in [2.75, 3.05) is 13.1 Å². The number of hydrogen-bond acceptors (Lipinski definition) is 2. The molecule has 1 aliphatic carbocycles. The van der Waals surface area contributed by atoms with Gasteiger partial charge >= 0.3 is 5.97 Å². The molecule has 1 unspecified atom stereocenters. The molecule has 1 saturated carbocycles. The van der Waals surface area contributed by atoms with Crippen molar-refractivity contribution in [3.05, 3.63) is 0 Å². The Balaban J connectivity index is 1.75. The fourth-order valence-electron chi connectivity index (χ4n) is 2.81. The Hall–Kier alpha value is -0.570. The fourth-order valence-corrected chi connectivity index (χ4v) is 2.81. The van der Waals surface area contributed by atoms with Gasteiger partial charge < -0.3 is 5.11 Å². The maximum atomic E-state index is 10.8. The Morgan fingerprint density at radius 3 is 2.40 bits per heavy atom. The van der Waals surface area contributed by atoms with Gasteiger partial charge in [-0.05, 0) is 18.8 Å². The Bertz CT molecular complexity index is 230. The number of rotatable bonds is 3. The predicted molar refractivity (Wildman–Crippen MR) is 58.7 cm³/mol. The summed E-state index contributed by atoms with van der Waals surface area (Å²) in [5.74, 6) is -0.405. The van der Waals surface area contributed by atoms with Crippen LogP contribution in [0.3, 0.4) is 0 Å². The van der Waals surface area contributed by atoms with E-state index < -0.39 is 5.97 Å². The van der Waals surface area contributed by atoms with E-state index in [4.69, 9.17) is 5.11 Å². The zero-order valence-corrected chi connectivity index (χ0v) is 9.48. The van der Waals surface area contributed by atoms with Crippen LogP contribution in [0.2, 0.25) is 0 Å². The summed E-state index contributed by atoms with van der Waals surface area (Å²) in [6.07, 6.45) is 6.77. The molecule has 3 nitrogen and oxygen atoms in total. The third kappa shape index (κ3) is 2.33. The summed E-state index contributed by atoms with van der Waals surface area (Å²) in [5.41, 5.74) is 0. The van der Waals surface area contributed by atoms with E-state index in [-0.39, 0.29) is 5.92 Å². The summed E-state index contributed by atoms with van der Waals surface area (Å²) in [4.78, 5) is 13.3. The first-order chi connectivity index (χ1) is 7.18. The maximum Gasteiger partial charge on any atom is 0.306 e. The maximum absolute atomic E-state index is 10.8. The molecule has 1 saturated heterocycles. The SMILES string of the molecule is CC(C(=O)O)C1CN(C2CCCCC2)C1. The third-order valence-electron chi connectivity index (χ3n) is 4.13. The van der Waals surface area contributed by atoms with Gasteiger partial charge in [0.1, 0.15) is 0 Å². The van der Waals surface area contributed by atoms with Gasteiger partial charge in [0.25, 0.3) is 0 Å². The van der Waals surface area contributed by atoms with E-state index in [9.17, 15) is 4.79 Å². The molecule has 0 bridgehead atoms. The van der Waals surface area contributed by atoms with E-state index in [0.29, 0.717) is 5.92 Å². The van der Waals surface area contributed by atoms with Gasteiger partial charge in [-0.25, -0.2) is 0 Å². The molecule has 0 amide bonds. The van der Waals surface area contributed by atoms with Gasteiger partial charge in [-0.15, -0.1) is 0 Å². The molecule has 2 fully saturated rings. The first-order valence-electron chi connectivity index (χ1n) is 6.15. The topological polar surface area (TPSA) is 40.5 Å². The quantitative estimate of drug-likeness (QED) is 0.776. The number of carboxylic acid groups (broad SMARTS) is 1. The van der Waals surface area contributed by atoms with Crippen molar-refractivity contribution in [3.8, 4) is 0 Å². The van der Waals surface area contributed by atoms with Crippen molar-refractivity contribution >= 4 is 5.97 Å². The number of aliphatic carboxylic acids is 1. The second-order valence-corrected chi connectivity index (χ2v) is 5.13. The average Bonchev–Trinajstić information content (AvgIpc) is 2.17. The normalized spacial score (nSPS) is 27.3. The van der Waals surface area contributed by atoms with Crippen LogP contribution in [0.15, 0.2) is 0 Å². The first-order valence-corrected chi connectivity index (χ1v) is 6.15. The molecule has 3 heteroatoms. The van der Waals surface area contributed by atoms with E-state index in [1.54, 1.807) is 0 Å². The lowest BCUT2D eigenvalue weighted by atomic mass is 9.83. The molecule has 2 aliphatic rings. The van der Waals surface area contributed by atoms with Crippen LogP contribution in [0, 0.1) is 11.8 Å². The number of likely N-dealkylation sites (tertiary alicyclic amines) is 1. The Morgan fingerprint density at radius 1 is 1.27 bits per heavy atom. The molecule has 0 spiro atoms. The highest BCUT2D eigenvalue weighted by molar-refractivity contribution is 5.70. The van der Waals surface area contributed by atoms with Crippen LogP contribution in [-0.2, 0) is 4.79 Å². The average molecular weight is 211 g/mol. The van der Waals surface area contributed by atoms with Crippen LogP contribution in [-0.4, -0.2) is 35.1 Å². The minimum atomic E-state index is -0.636. The van der Waals surface area contributed by atoms with Gasteiger partial charge in [0.15, 0.2) is 0 Å². The summed E-state index contributed by atoms with van der Waals surface area (Å²) in [7, 11) is 0. The summed E-state index contributed by atoms with van der Waals surface area (Å²) in [5, 5.41) is 8.90. The van der Waals surface area contributed by atoms with Gasteiger partial charge in [0.05, 0.1) is 5.92 Å². The van der Waals surface area contributed by atoms with Gasteiger partial charge in [0, 0.05) is 19.1 Å². The highest BCUT2D eigenvalue weighted by Crippen LogP contribution is 2.31. The van der Waals surface area contributed by atoms with Crippen molar-refractivity contribution in [1.82, 2.24) is 4.90 Å². The number of hydrogen-bond donors (Lipinski definition) is 1. The number of carbonyl (C=O) groups is 1. The number of carboxylic acids is 1. The van der Waals surface area contributed by atoms with E-state index in [0.717, 1.165) is 19.1 Å². The van der Waals surface area contributed by atoms with Crippen molar-refractivity contribution < 1.29 is 9.90 Å². The second kappa shape index (κ2) is 4.52.